The SMILES string of the molecule is C/C(C(N)=Nc1ccc(N2CCNCC2)cc1)=C1\C=CC=C(c2ccc(S(C)(=O)=O)cc2)N1. The summed E-state index contributed by atoms with van der Waals surface area (Å²) in [5.41, 5.74) is 11.7. The fourth-order valence-electron chi connectivity index (χ4n) is 3.76. The van der Waals surface area contributed by atoms with E-state index in [9.17, 15) is 8.42 Å². The Bertz CT molecular complexity index is 1230. The normalized spacial score (nSPS) is 18.5. The quantitative estimate of drug-likeness (QED) is 0.466. The molecule has 0 radical (unpaired) electrons. The van der Waals surface area contributed by atoms with Crippen molar-refractivity contribution in [2.45, 2.75) is 11.8 Å². The van der Waals surface area contributed by atoms with Crippen LogP contribution in [0.25, 0.3) is 5.70 Å². The average molecular weight is 464 g/mol. The number of anilines is 1. The monoisotopic (exact) mass is 463 g/mol. The molecule has 0 atom stereocenters. The minimum absolute atomic E-state index is 0.296. The summed E-state index contributed by atoms with van der Waals surface area (Å²) in [6.45, 7) is 5.93. The van der Waals surface area contributed by atoms with E-state index >= 15 is 0 Å². The van der Waals surface area contributed by atoms with Crippen LogP contribution in [0.1, 0.15) is 12.5 Å². The number of aliphatic imine (C=N–C) groups is 1. The Morgan fingerprint density at radius 3 is 2.33 bits per heavy atom. The lowest BCUT2D eigenvalue weighted by atomic mass is 10.1. The molecule has 0 amide bonds. The lowest BCUT2D eigenvalue weighted by molar-refractivity contribution is 0.589. The van der Waals surface area contributed by atoms with Gasteiger partial charge < -0.3 is 21.3 Å². The van der Waals surface area contributed by atoms with Crippen LogP contribution in [0.4, 0.5) is 11.4 Å². The van der Waals surface area contributed by atoms with Gasteiger partial charge in [-0.05, 0) is 61.0 Å². The molecule has 4 N–H and O–H groups in total. The van der Waals surface area contributed by atoms with Gasteiger partial charge in [-0.1, -0.05) is 18.2 Å². The smallest absolute Gasteiger partial charge is 0.175 e. The summed E-state index contributed by atoms with van der Waals surface area (Å²) in [4.78, 5) is 7.25. The van der Waals surface area contributed by atoms with E-state index in [0.29, 0.717) is 10.7 Å². The number of rotatable bonds is 5. The summed E-state index contributed by atoms with van der Waals surface area (Å²) < 4.78 is 23.4. The Labute approximate surface area is 195 Å². The molecule has 1 saturated heterocycles. The molecule has 0 aliphatic carbocycles. The van der Waals surface area contributed by atoms with Crippen LogP contribution in [-0.2, 0) is 9.84 Å². The van der Waals surface area contributed by atoms with E-state index < -0.39 is 9.84 Å². The number of nitrogens with one attached hydrogen (secondary N) is 2. The highest BCUT2D eigenvalue weighted by molar-refractivity contribution is 7.90. The number of amidine groups is 1. The van der Waals surface area contributed by atoms with E-state index in [4.69, 9.17) is 5.73 Å². The molecule has 0 spiro atoms. The van der Waals surface area contributed by atoms with E-state index in [1.54, 1.807) is 24.3 Å². The summed E-state index contributed by atoms with van der Waals surface area (Å²) in [6.07, 6.45) is 7.02. The molecule has 2 aliphatic rings. The highest BCUT2D eigenvalue weighted by atomic mass is 32.2. The third kappa shape index (κ3) is 5.53. The Kier molecular flexibility index (Phi) is 6.67. The van der Waals surface area contributed by atoms with Gasteiger partial charge in [0, 0.05) is 55.1 Å². The molecule has 0 bridgehead atoms. The molecule has 0 aromatic heterocycles. The first-order chi connectivity index (χ1) is 15.8. The van der Waals surface area contributed by atoms with Crippen molar-refractivity contribution in [1.82, 2.24) is 10.6 Å². The van der Waals surface area contributed by atoms with Gasteiger partial charge in [0.1, 0.15) is 5.84 Å². The highest BCUT2D eigenvalue weighted by Crippen LogP contribution is 2.23. The van der Waals surface area contributed by atoms with Crippen molar-refractivity contribution in [1.29, 1.82) is 0 Å². The van der Waals surface area contributed by atoms with Crippen LogP contribution in [-0.4, -0.2) is 46.7 Å². The Balaban J connectivity index is 1.49. The van der Waals surface area contributed by atoms with Crippen LogP contribution in [0.5, 0.6) is 0 Å². The molecular weight excluding hydrogens is 434 g/mol. The van der Waals surface area contributed by atoms with Gasteiger partial charge in [-0.25, -0.2) is 13.4 Å². The fourth-order valence-corrected chi connectivity index (χ4v) is 4.39. The molecule has 33 heavy (non-hydrogen) atoms. The van der Waals surface area contributed by atoms with Gasteiger partial charge >= 0.3 is 0 Å². The molecule has 172 valence electrons. The highest BCUT2D eigenvalue weighted by Gasteiger charge is 2.13. The van der Waals surface area contributed by atoms with E-state index in [1.165, 1.54) is 11.9 Å². The minimum atomic E-state index is -3.23. The van der Waals surface area contributed by atoms with Gasteiger partial charge in [0.15, 0.2) is 9.84 Å². The second-order valence-electron chi connectivity index (χ2n) is 8.15. The molecule has 1 fully saturated rings. The van der Waals surface area contributed by atoms with E-state index in [0.717, 1.165) is 54.4 Å². The number of sulfone groups is 1. The predicted octanol–water partition coefficient (Wildman–Crippen LogP) is 2.96. The standard InChI is InChI=1S/C25H29N5O2S/c1-18(25(26)28-20-8-10-21(11-9-20)30-16-14-27-15-17-30)23-4-3-5-24(29-23)19-6-12-22(13-7-19)33(2,31)32/h3-13,27,29H,14-17H2,1-2H3,(H2,26,28)/b23-18-. The van der Waals surface area contributed by atoms with Crippen LogP contribution in [0.3, 0.4) is 0 Å². The van der Waals surface area contributed by atoms with Gasteiger partial charge in [0.05, 0.1) is 10.6 Å². The maximum atomic E-state index is 11.7. The van der Waals surface area contributed by atoms with Gasteiger partial charge in [-0.15, -0.1) is 0 Å². The molecular formula is C25H29N5O2S. The van der Waals surface area contributed by atoms with Crippen LogP contribution in [0.2, 0.25) is 0 Å². The Hall–Kier alpha value is -3.36. The van der Waals surface area contributed by atoms with Crippen LogP contribution in [0.15, 0.2) is 87.9 Å². The molecule has 0 unspecified atom stereocenters. The molecule has 4 rings (SSSR count). The number of nitrogens with two attached hydrogens (primary N) is 1. The van der Waals surface area contributed by atoms with Crippen molar-refractivity contribution in [2.75, 3.05) is 37.3 Å². The van der Waals surface area contributed by atoms with Crippen molar-refractivity contribution in [3.63, 3.8) is 0 Å². The molecule has 2 aliphatic heterocycles. The zero-order valence-corrected chi connectivity index (χ0v) is 19.7. The zero-order chi connectivity index (χ0) is 23.4. The van der Waals surface area contributed by atoms with Crippen molar-refractivity contribution in [3.05, 3.63) is 83.6 Å². The fraction of sp³-hybridized carbons (Fsp3) is 0.240. The summed E-state index contributed by atoms with van der Waals surface area (Å²) in [7, 11) is -3.23. The zero-order valence-electron chi connectivity index (χ0n) is 18.9. The number of hydrogen-bond acceptors (Lipinski definition) is 6. The second-order valence-corrected chi connectivity index (χ2v) is 10.2. The minimum Gasteiger partial charge on any atom is -0.383 e. The Morgan fingerprint density at radius 2 is 1.70 bits per heavy atom. The lowest BCUT2D eigenvalue weighted by Crippen LogP contribution is -2.43. The Morgan fingerprint density at radius 1 is 1.03 bits per heavy atom. The van der Waals surface area contributed by atoms with Crippen LogP contribution < -0.4 is 21.3 Å². The van der Waals surface area contributed by atoms with Crippen LogP contribution in [0, 0.1) is 0 Å². The molecule has 7 nitrogen and oxygen atoms in total. The van der Waals surface area contributed by atoms with Crippen molar-refractivity contribution in [3.8, 4) is 0 Å². The lowest BCUT2D eigenvalue weighted by Gasteiger charge is -2.29. The topological polar surface area (TPSA) is 99.8 Å². The molecule has 8 heteroatoms. The molecule has 2 aromatic rings. The molecule has 0 saturated carbocycles. The first kappa shape index (κ1) is 22.8. The third-order valence-corrected chi connectivity index (χ3v) is 6.89. The largest absolute Gasteiger partial charge is 0.383 e. The maximum Gasteiger partial charge on any atom is 0.175 e. The van der Waals surface area contributed by atoms with Gasteiger partial charge in [-0.3, -0.25) is 0 Å². The number of hydrogen-bond donors (Lipinski definition) is 3. The van der Waals surface area contributed by atoms with Crippen molar-refractivity contribution < 1.29 is 8.42 Å². The summed E-state index contributed by atoms with van der Waals surface area (Å²) in [6, 6.07) is 14.9. The number of allylic oxidation sites excluding steroid dienone is 3. The first-order valence-electron chi connectivity index (χ1n) is 10.9. The second kappa shape index (κ2) is 9.64. The first-order valence-corrected chi connectivity index (χ1v) is 12.8. The molecule has 2 aromatic carbocycles. The number of piperazine rings is 1. The van der Waals surface area contributed by atoms with E-state index in [1.807, 2.05) is 37.3 Å². The van der Waals surface area contributed by atoms with Gasteiger partial charge in [0.2, 0.25) is 0 Å². The summed E-state index contributed by atoms with van der Waals surface area (Å²) in [5, 5.41) is 6.74. The van der Waals surface area contributed by atoms with Crippen LogP contribution >= 0.6 is 0 Å². The average Bonchev–Trinajstić information content (AvgIpc) is 2.84. The van der Waals surface area contributed by atoms with E-state index in [2.05, 4.69) is 32.7 Å². The van der Waals surface area contributed by atoms with Crippen molar-refractivity contribution >= 4 is 32.7 Å². The van der Waals surface area contributed by atoms with Gasteiger partial charge in [0.25, 0.3) is 0 Å². The third-order valence-electron chi connectivity index (χ3n) is 5.76. The number of nitrogens with zero attached hydrogens (tertiary/aromatic N) is 2. The summed E-state index contributed by atoms with van der Waals surface area (Å²) >= 11 is 0. The number of benzene rings is 2. The van der Waals surface area contributed by atoms with E-state index in [-0.39, 0.29) is 0 Å². The number of dihydropyridines is 1. The molecule has 2 heterocycles. The van der Waals surface area contributed by atoms with Crippen molar-refractivity contribution in [2.24, 2.45) is 10.7 Å². The van der Waals surface area contributed by atoms with Gasteiger partial charge in [-0.2, -0.15) is 0 Å². The maximum absolute atomic E-state index is 11.7. The summed E-state index contributed by atoms with van der Waals surface area (Å²) in [5.74, 6) is 0.436. The predicted molar refractivity (Wildman–Crippen MR) is 135 cm³/mol.